The van der Waals surface area contributed by atoms with Gasteiger partial charge in [0.15, 0.2) is 0 Å². The normalized spacial score (nSPS) is 9.38. The number of rotatable bonds is 3. The van der Waals surface area contributed by atoms with Gasteiger partial charge in [-0.05, 0) is 0 Å². The van der Waals surface area contributed by atoms with E-state index in [4.69, 9.17) is 20.4 Å². The monoisotopic (exact) mass is 380 g/mol. The molecule has 142 valence electrons. The van der Waals surface area contributed by atoms with Gasteiger partial charge < -0.3 is 29.9 Å². The highest BCUT2D eigenvalue weighted by molar-refractivity contribution is 6.38. The lowest BCUT2D eigenvalue weighted by atomic mass is 10.5. The molecule has 0 fully saturated rings. The van der Waals surface area contributed by atoms with Gasteiger partial charge in [0.2, 0.25) is 0 Å². The van der Waals surface area contributed by atoms with Gasteiger partial charge in [-0.2, -0.15) is 0 Å². The van der Waals surface area contributed by atoms with E-state index in [0.29, 0.717) is 0 Å². The first kappa shape index (κ1) is 21.8. The minimum absolute atomic E-state index is 0.818. The molecular formula is C10H8N2O14. The first-order valence-electron chi connectivity index (χ1n) is 5.85. The van der Waals surface area contributed by atoms with Gasteiger partial charge in [-0.1, -0.05) is 0 Å². The molecule has 0 radical (unpaired) electrons. The van der Waals surface area contributed by atoms with E-state index in [1.807, 2.05) is 0 Å². The van der Waals surface area contributed by atoms with Crippen molar-refractivity contribution in [1.29, 1.82) is 0 Å². The molecule has 0 aliphatic carbocycles. The Morgan fingerprint density at radius 3 is 1.04 bits per heavy atom. The lowest BCUT2D eigenvalue weighted by Gasteiger charge is -2.15. The summed E-state index contributed by atoms with van der Waals surface area (Å²) in [4.78, 5) is 84.8. The molecule has 0 rings (SSSR count). The molecule has 16 nitrogen and oxygen atoms in total. The topological polar surface area (TPSA) is 242 Å². The van der Waals surface area contributed by atoms with Crippen LogP contribution < -0.4 is 0 Å². The zero-order chi connectivity index (χ0) is 20.6. The van der Waals surface area contributed by atoms with E-state index >= 15 is 0 Å². The lowest BCUT2D eigenvalue weighted by molar-refractivity contribution is -0.154. The van der Waals surface area contributed by atoms with Crippen molar-refractivity contribution < 1.29 is 68.3 Å². The van der Waals surface area contributed by atoms with Crippen LogP contribution in [0.25, 0.3) is 0 Å². The number of ether oxygens (including phenoxy) is 2. The number of aliphatic carboxylic acids is 2. The van der Waals surface area contributed by atoms with E-state index in [-0.39, 0.29) is 0 Å². The number of carboxylic acids is 2. The third kappa shape index (κ3) is 5.76. The Hall–Kier alpha value is -4.24. The third-order valence-electron chi connectivity index (χ3n) is 2.05. The second kappa shape index (κ2) is 9.15. The number of hydrogen-bond acceptors (Lipinski definition) is 10. The van der Waals surface area contributed by atoms with Gasteiger partial charge in [0.1, 0.15) is 13.2 Å². The average Bonchev–Trinajstić information content (AvgIpc) is 2.50. The molecule has 0 aromatic rings. The maximum absolute atomic E-state index is 11.3. The zero-order valence-corrected chi connectivity index (χ0v) is 12.2. The number of amides is 6. The smallest absolute Gasteiger partial charge is 0.426 e. The fourth-order valence-electron chi connectivity index (χ4n) is 1.07. The summed E-state index contributed by atoms with van der Waals surface area (Å²) in [5.74, 6) is -8.91. The predicted octanol–water partition coefficient (Wildman–Crippen LogP) is -1.56. The van der Waals surface area contributed by atoms with Crippen molar-refractivity contribution in [2.45, 2.75) is 0 Å². The van der Waals surface area contributed by atoms with E-state index in [0.717, 1.165) is 0 Å². The number of carboxylic acid groups (broad SMARTS) is 4. The van der Waals surface area contributed by atoms with Gasteiger partial charge in [0.05, 0.1) is 0 Å². The van der Waals surface area contributed by atoms with Crippen LogP contribution in [-0.4, -0.2) is 91.6 Å². The maximum atomic E-state index is 11.3. The fourth-order valence-corrected chi connectivity index (χ4v) is 1.07. The zero-order valence-electron chi connectivity index (χ0n) is 12.2. The highest BCUT2D eigenvalue weighted by Crippen LogP contribution is 2.00. The van der Waals surface area contributed by atoms with Crippen LogP contribution in [0.3, 0.4) is 0 Å². The van der Waals surface area contributed by atoms with Gasteiger partial charge in [0.25, 0.3) is 0 Å². The fraction of sp³-hybridized carbons (Fsp3) is 0.200. The standard InChI is InChI=1S/C10H8N2O14/c13-3(5(15)16)11(7(19)20)9(23)25-1-2-26-10(24)12(8(21)22)4(14)6(17)18/h1-2H2,(H,15,16)(H,17,18)(H,19,20)(H,21,22). The van der Waals surface area contributed by atoms with Crippen LogP contribution in [0.4, 0.5) is 19.2 Å². The molecule has 16 heteroatoms. The second-order valence-corrected chi connectivity index (χ2v) is 3.69. The first-order chi connectivity index (χ1) is 11.9. The molecule has 0 saturated carbocycles. The molecule has 0 unspecified atom stereocenters. The molecule has 0 spiro atoms. The van der Waals surface area contributed by atoms with Gasteiger partial charge in [-0.3, -0.25) is 9.59 Å². The van der Waals surface area contributed by atoms with Crippen LogP contribution in [0.15, 0.2) is 0 Å². The Balaban J connectivity index is 4.73. The van der Waals surface area contributed by atoms with E-state index < -0.39 is 71.1 Å². The van der Waals surface area contributed by atoms with Gasteiger partial charge in [-0.15, -0.1) is 9.80 Å². The van der Waals surface area contributed by atoms with E-state index in [2.05, 4.69) is 9.47 Å². The molecule has 0 aliphatic rings. The molecule has 26 heavy (non-hydrogen) atoms. The lowest BCUT2D eigenvalue weighted by Crippen LogP contribution is -2.46. The molecule has 0 aromatic carbocycles. The van der Waals surface area contributed by atoms with Crippen LogP contribution in [0.1, 0.15) is 0 Å². The SMILES string of the molecule is O=C(O)C(=O)N(C(=O)O)C(=O)OCCOC(=O)N(C(=O)O)C(=O)C(=O)O. The van der Waals surface area contributed by atoms with E-state index in [9.17, 15) is 38.4 Å². The minimum Gasteiger partial charge on any atom is -0.474 e. The average molecular weight is 380 g/mol. The van der Waals surface area contributed by atoms with Crippen molar-refractivity contribution in [2.24, 2.45) is 0 Å². The van der Waals surface area contributed by atoms with Crippen LogP contribution in [0.5, 0.6) is 0 Å². The van der Waals surface area contributed by atoms with Crippen molar-refractivity contribution in [3.8, 4) is 0 Å². The van der Waals surface area contributed by atoms with Crippen LogP contribution in [-0.2, 0) is 28.7 Å². The van der Waals surface area contributed by atoms with E-state index in [1.165, 1.54) is 0 Å². The van der Waals surface area contributed by atoms with Gasteiger partial charge in [0, 0.05) is 0 Å². The van der Waals surface area contributed by atoms with Crippen molar-refractivity contribution in [3.05, 3.63) is 0 Å². The van der Waals surface area contributed by atoms with Crippen molar-refractivity contribution in [2.75, 3.05) is 13.2 Å². The summed E-state index contributed by atoms with van der Waals surface area (Å²) in [6, 6.07) is 0. The van der Waals surface area contributed by atoms with Crippen molar-refractivity contribution >= 4 is 48.1 Å². The van der Waals surface area contributed by atoms with Crippen LogP contribution >= 0.6 is 0 Å². The summed E-state index contributed by atoms with van der Waals surface area (Å²) in [5, 5.41) is 33.8. The minimum atomic E-state index is -2.29. The summed E-state index contributed by atoms with van der Waals surface area (Å²) in [7, 11) is 0. The van der Waals surface area contributed by atoms with Gasteiger partial charge in [-0.25, -0.2) is 28.8 Å². The molecular weight excluding hydrogens is 372 g/mol. The second-order valence-electron chi connectivity index (χ2n) is 3.69. The number of carbonyl (C=O) groups is 8. The Bertz CT molecular complexity index is 623. The Labute approximate surface area is 140 Å². The molecule has 0 aliphatic heterocycles. The van der Waals surface area contributed by atoms with Crippen LogP contribution in [0, 0.1) is 0 Å². The number of imide groups is 6. The highest BCUT2D eigenvalue weighted by atomic mass is 16.6. The highest BCUT2D eigenvalue weighted by Gasteiger charge is 2.36. The molecule has 0 saturated heterocycles. The van der Waals surface area contributed by atoms with Gasteiger partial charge >= 0.3 is 48.1 Å². The van der Waals surface area contributed by atoms with Crippen molar-refractivity contribution in [1.82, 2.24) is 9.80 Å². The molecule has 0 heterocycles. The van der Waals surface area contributed by atoms with E-state index in [1.54, 1.807) is 0 Å². The number of hydrogen-bond donors (Lipinski definition) is 4. The molecule has 0 aromatic heterocycles. The third-order valence-corrected chi connectivity index (χ3v) is 2.05. The van der Waals surface area contributed by atoms with Crippen LogP contribution in [0.2, 0.25) is 0 Å². The molecule has 0 atom stereocenters. The quantitative estimate of drug-likeness (QED) is 0.319. The maximum Gasteiger partial charge on any atom is 0.426 e. The predicted molar refractivity (Wildman–Crippen MR) is 67.7 cm³/mol. The summed E-state index contributed by atoms with van der Waals surface area (Å²) >= 11 is 0. The Kier molecular flexibility index (Phi) is 7.66. The molecule has 4 N–H and O–H groups in total. The number of nitrogens with zero attached hydrogens (tertiary/aromatic N) is 2. The first-order valence-corrected chi connectivity index (χ1v) is 5.85. The Morgan fingerprint density at radius 2 is 0.846 bits per heavy atom. The number of carbonyl (C=O) groups excluding carboxylic acids is 4. The van der Waals surface area contributed by atoms with Crippen molar-refractivity contribution in [3.63, 3.8) is 0 Å². The summed E-state index contributed by atoms with van der Waals surface area (Å²) < 4.78 is 8.23. The summed E-state index contributed by atoms with van der Waals surface area (Å²) in [6.07, 6.45) is -8.53. The summed E-state index contributed by atoms with van der Waals surface area (Å²) in [5.41, 5.74) is 0. The Morgan fingerprint density at radius 1 is 0.577 bits per heavy atom. The molecule has 6 amide bonds. The molecule has 0 bridgehead atoms. The summed E-state index contributed by atoms with van der Waals surface area (Å²) in [6.45, 7) is -2.01. The largest absolute Gasteiger partial charge is 0.474 e.